The summed E-state index contributed by atoms with van der Waals surface area (Å²) in [6, 6.07) is 5.99. The predicted molar refractivity (Wildman–Crippen MR) is 77.0 cm³/mol. The first-order chi connectivity index (χ1) is 7.84. The molecule has 6 heteroatoms. The van der Waals surface area contributed by atoms with Crippen LogP contribution in [-0.4, -0.2) is 30.6 Å². The monoisotopic (exact) mass is 289 g/mol. The van der Waals surface area contributed by atoms with Gasteiger partial charge in [0.1, 0.15) is 5.82 Å². The van der Waals surface area contributed by atoms with Crippen molar-refractivity contribution in [1.82, 2.24) is 9.69 Å². The van der Waals surface area contributed by atoms with Gasteiger partial charge < -0.3 is 10.2 Å². The van der Waals surface area contributed by atoms with E-state index in [9.17, 15) is 0 Å². The molecule has 2 aromatic rings. The van der Waals surface area contributed by atoms with Crippen molar-refractivity contribution in [1.29, 1.82) is 0 Å². The lowest BCUT2D eigenvalue weighted by Gasteiger charge is -2.27. The SMILES string of the molecule is Cl.Clc1ccc2c(N3CCNCC3)nsc2c1. The van der Waals surface area contributed by atoms with Crippen LogP contribution in [0.15, 0.2) is 18.2 Å². The Morgan fingerprint density at radius 3 is 2.82 bits per heavy atom. The Labute approximate surface area is 115 Å². The number of piperazine rings is 1. The molecule has 0 aliphatic carbocycles. The highest BCUT2D eigenvalue weighted by Gasteiger charge is 2.16. The third kappa shape index (κ3) is 2.50. The maximum Gasteiger partial charge on any atom is 0.150 e. The molecule has 1 aliphatic heterocycles. The van der Waals surface area contributed by atoms with Crippen LogP contribution in [0.4, 0.5) is 5.82 Å². The van der Waals surface area contributed by atoms with E-state index in [1.807, 2.05) is 12.1 Å². The largest absolute Gasteiger partial charge is 0.353 e. The number of anilines is 1. The van der Waals surface area contributed by atoms with Crippen molar-refractivity contribution in [3.05, 3.63) is 23.2 Å². The second-order valence-electron chi connectivity index (χ2n) is 3.88. The Morgan fingerprint density at radius 2 is 2.06 bits per heavy atom. The van der Waals surface area contributed by atoms with E-state index in [-0.39, 0.29) is 12.4 Å². The molecule has 1 aliphatic rings. The van der Waals surface area contributed by atoms with Gasteiger partial charge in [0.15, 0.2) is 0 Å². The molecule has 1 aromatic heterocycles. The standard InChI is InChI=1S/C11H12ClN3S.ClH/c12-8-1-2-9-10(7-8)16-14-11(9)15-5-3-13-4-6-15;/h1-2,7,13H,3-6H2;1H. The van der Waals surface area contributed by atoms with E-state index in [1.54, 1.807) is 0 Å². The van der Waals surface area contributed by atoms with Gasteiger partial charge in [-0.1, -0.05) is 11.6 Å². The lowest BCUT2D eigenvalue weighted by molar-refractivity contribution is 0.587. The van der Waals surface area contributed by atoms with Crippen LogP contribution in [0.2, 0.25) is 5.02 Å². The number of fused-ring (bicyclic) bond motifs is 1. The lowest BCUT2D eigenvalue weighted by Crippen LogP contribution is -2.43. The minimum Gasteiger partial charge on any atom is -0.353 e. The molecule has 0 amide bonds. The fraction of sp³-hybridized carbons (Fsp3) is 0.364. The third-order valence-corrected chi connectivity index (χ3v) is 3.87. The maximum atomic E-state index is 5.97. The molecule has 2 heterocycles. The zero-order chi connectivity index (χ0) is 11.0. The van der Waals surface area contributed by atoms with Crippen LogP contribution in [-0.2, 0) is 0 Å². The minimum absolute atomic E-state index is 0. The molecule has 0 bridgehead atoms. The number of aromatic nitrogens is 1. The first-order valence-corrected chi connectivity index (χ1v) is 6.50. The Balaban J connectivity index is 0.00000108. The zero-order valence-electron chi connectivity index (χ0n) is 9.15. The molecule has 92 valence electrons. The van der Waals surface area contributed by atoms with Gasteiger partial charge in [0.2, 0.25) is 0 Å². The highest BCUT2D eigenvalue weighted by atomic mass is 35.5. The van der Waals surface area contributed by atoms with E-state index in [2.05, 4.69) is 20.7 Å². The highest BCUT2D eigenvalue weighted by molar-refractivity contribution is 7.13. The van der Waals surface area contributed by atoms with Crippen LogP contribution in [0.25, 0.3) is 10.1 Å². The minimum atomic E-state index is 0. The summed E-state index contributed by atoms with van der Waals surface area (Å²) in [4.78, 5) is 2.34. The molecule has 0 saturated carbocycles. The Kier molecular flexibility index (Phi) is 4.09. The molecule has 3 nitrogen and oxygen atoms in total. The van der Waals surface area contributed by atoms with Crippen LogP contribution in [0, 0.1) is 0 Å². The van der Waals surface area contributed by atoms with Crippen LogP contribution < -0.4 is 10.2 Å². The fourth-order valence-electron chi connectivity index (χ4n) is 2.00. The molecule has 0 unspecified atom stereocenters. The van der Waals surface area contributed by atoms with E-state index < -0.39 is 0 Å². The molecule has 1 N–H and O–H groups in total. The van der Waals surface area contributed by atoms with Gasteiger partial charge in [-0.15, -0.1) is 12.4 Å². The quantitative estimate of drug-likeness (QED) is 0.875. The van der Waals surface area contributed by atoms with Crippen molar-refractivity contribution in [2.75, 3.05) is 31.1 Å². The van der Waals surface area contributed by atoms with E-state index in [1.165, 1.54) is 21.6 Å². The number of nitrogens with zero attached hydrogens (tertiary/aromatic N) is 2. The van der Waals surface area contributed by atoms with E-state index in [0.717, 1.165) is 37.0 Å². The van der Waals surface area contributed by atoms with Crippen LogP contribution in [0.3, 0.4) is 0 Å². The molecule has 1 aromatic carbocycles. The number of rotatable bonds is 1. The summed E-state index contributed by atoms with van der Waals surface area (Å²) in [7, 11) is 0. The first-order valence-electron chi connectivity index (χ1n) is 5.35. The summed E-state index contributed by atoms with van der Waals surface area (Å²) in [6.07, 6.45) is 0. The second-order valence-corrected chi connectivity index (χ2v) is 5.13. The smallest absolute Gasteiger partial charge is 0.150 e. The maximum absolute atomic E-state index is 5.97. The number of nitrogens with one attached hydrogen (secondary N) is 1. The molecule has 3 rings (SSSR count). The summed E-state index contributed by atoms with van der Waals surface area (Å²) in [5.74, 6) is 1.11. The summed E-state index contributed by atoms with van der Waals surface area (Å²) in [5.41, 5.74) is 0. The van der Waals surface area contributed by atoms with Gasteiger partial charge in [0.25, 0.3) is 0 Å². The lowest BCUT2D eigenvalue weighted by atomic mass is 10.2. The molecule has 0 atom stereocenters. The van der Waals surface area contributed by atoms with Gasteiger partial charge in [-0.25, -0.2) is 0 Å². The van der Waals surface area contributed by atoms with Gasteiger partial charge in [-0.2, -0.15) is 4.37 Å². The molecule has 1 saturated heterocycles. The topological polar surface area (TPSA) is 28.2 Å². The van der Waals surface area contributed by atoms with Gasteiger partial charge in [-0.3, -0.25) is 0 Å². The van der Waals surface area contributed by atoms with Gasteiger partial charge >= 0.3 is 0 Å². The number of hydrogen-bond donors (Lipinski definition) is 1. The molecular formula is C11H13Cl2N3S. The zero-order valence-corrected chi connectivity index (χ0v) is 11.5. The third-order valence-electron chi connectivity index (χ3n) is 2.83. The number of halogens is 2. The van der Waals surface area contributed by atoms with Gasteiger partial charge in [0, 0.05) is 36.6 Å². The fourth-order valence-corrected chi connectivity index (χ4v) is 3.08. The Hall–Kier alpha value is -0.550. The van der Waals surface area contributed by atoms with Crippen molar-refractivity contribution in [3.8, 4) is 0 Å². The molecular weight excluding hydrogens is 277 g/mol. The normalized spacial score (nSPS) is 15.9. The van der Waals surface area contributed by atoms with Crippen LogP contribution in [0.1, 0.15) is 0 Å². The average Bonchev–Trinajstić information content (AvgIpc) is 2.73. The van der Waals surface area contributed by atoms with E-state index >= 15 is 0 Å². The average molecular weight is 290 g/mol. The van der Waals surface area contributed by atoms with Crippen molar-refractivity contribution >= 4 is 51.4 Å². The van der Waals surface area contributed by atoms with Crippen molar-refractivity contribution < 1.29 is 0 Å². The van der Waals surface area contributed by atoms with Gasteiger partial charge in [0.05, 0.1) is 4.70 Å². The molecule has 1 fully saturated rings. The molecule has 0 spiro atoms. The van der Waals surface area contributed by atoms with E-state index in [4.69, 9.17) is 11.6 Å². The predicted octanol–water partition coefficient (Wildman–Crippen LogP) is 2.78. The van der Waals surface area contributed by atoms with Crippen molar-refractivity contribution in [3.63, 3.8) is 0 Å². The Bertz CT molecular complexity index is 508. The van der Waals surface area contributed by atoms with Crippen LogP contribution >= 0.6 is 35.5 Å². The molecule has 0 radical (unpaired) electrons. The second kappa shape index (κ2) is 5.40. The van der Waals surface area contributed by atoms with Crippen molar-refractivity contribution in [2.24, 2.45) is 0 Å². The highest BCUT2D eigenvalue weighted by Crippen LogP contribution is 2.31. The Morgan fingerprint density at radius 1 is 1.29 bits per heavy atom. The summed E-state index contributed by atoms with van der Waals surface area (Å²) >= 11 is 7.49. The summed E-state index contributed by atoms with van der Waals surface area (Å²) in [5, 5.41) is 5.35. The van der Waals surface area contributed by atoms with Gasteiger partial charge in [-0.05, 0) is 29.7 Å². The van der Waals surface area contributed by atoms with Crippen LogP contribution in [0.5, 0.6) is 0 Å². The number of benzene rings is 1. The first kappa shape index (κ1) is 12.9. The summed E-state index contributed by atoms with van der Waals surface area (Å²) < 4.78 is 5.71. The molecule has 17 heavy (non-hydrogen) atoms. The number of hydrogen-bond acceptors (Lipinski definition) is 4. The van der Waals surface area contributed by atoms with Crippen molar-refractivity contribution in [2.45, 2.75) is 0 Å². The van der Waals surface area contributed by atoms with E-state index in [0.29, 0.717) is 0 Å². The summed E-state index contributed by atoms with van der Waals surface area (Å²) in [6.45, 7) is 4.13.